The molecule has 21 heavy (non-hydrogen) atoms. The molecule has 0 bridgehead atoms. The van der Waals surface area contributed by atoms with E-state index in [1.165, 1.54) is 0 Å². The second kappa shape index (κ2) is 5.74. The predicted octanol–water partition coefficient (Wildman–Crippen LogP) is 4.77. The number of fused-ring (bicyclic) bond motifs is 1. The van der Waals surface area contributed by atoms with E-state index >= 15 is 0 Å². The second-order valence-electron chi connectivity index (χ2n) is 4.62. The number of rotatable bonds is 3. The number of H-pyrrole nitrogens is 1. The summed E-state index contributed by atoms with van der Waals surface area (Å²) in [7, 11) is 0. The molecule has 0 aliphatic heterocycles. The van der Waals surface area contributed by atoms with E-state index in [0.717, 1.165) is 26.5 Å². The molecule has 1 aromatic heterocycles. The smallest absolute Gasteiger partial charge is 0.355 e. The van der Waals surface area contributed by atoms with Gasteiger partial charge in [-0.3, -0.25) is 0 Å². The van der Waals surface area contributed by atoms with Crippen molar-refractivity contribution in [1.82, 2.24) is 4.98 Å². The summed E-state index contributed by atoms with van der Waals surface area (Å²) in [6, 6.07) is 15.7. The van der Waals surface area contributed by atoms with Gasteiger partial charge in [-0.25, -0.2) is 4.79 Å². The number of hydrogen-bond donors (Lipinski definition) is 1. The van der Waals surface area contributed by atoms with Crippen LogP contribution in [0.3, 0.4) is 0 Å². The van der Waals surface area contributed by atoms with Crippen molar-refractivity contribution < 1.29 is 9.53 Å². The molecular weight excluding hydrogens is 330 g/mol. The Morgan fingerprint density at radius 1 is 1.14 bits per heavy atom. The molecule has 3 nitrogen and oxygen atoms in total. The minimum absolute atomic E-state index is 0.334. The van der Waals surface area contributed by atoms with Crippen LogP contribution in [0.1, 0.15) is 17.4 Å². The molecule has 0 aliphatic rings. The maximum Gasteiger partial charge on any atom is 0.355 e. The third kappa shape index (κ3) is 2.47. The van der Waals surface area contributed by atoms with Gasteiger partial charge in [-0.05, 0) is 24.6 Å². The number of aromatic amines is 1. The van der Waals surface area contributed by atoms with E-state index in [0.29, 0.717) is 12.3 Å². The number of hydrogen-bond acceptors (Lipinski definition) is 2. The van der Waals surface area contributed by atoms with Crippen molar-refractivity contribution in [1.29, 1.82) is 0 Å². The van der Waals surface area contributed by atoms with E-state index in [1.54, 1.807) is 6.92 Å². The average Bonchev–Trinajstić information content (AvgIpc) is 2.89. The second-order valence-corrected chi connectivity index (χ2v) is 5.48. The van der Waals surface area contributed by atoms with Gasteiger partial charge in [-0.2, -0.15) is 0 Å². The first-order valence-corrected chi connectivity index (χ1v) is 7.54. The Morgan fingerprint density at radius 3 is 2.62 bits per heavy atom. The highest BCUT2D eigenvalue weighted by molar-refractivity contribution is 9.10. The van der Waals surface area contributed by atoms with Crippen LogP contribution >= 0.6 is 15.9 Å². The van der Waals surface area contributed by atoms with Crippen LogP contribution in [0.5, 0.6) is 0 Å². The molecule has 0 fully saturated rings. The zero-order chi connectivity index (χ0) is 14.8. The maximum absolute atomic E-state index is 12.3. The van der Waals surface area contributed by atoms with Crippen LogP contribution in [0.15, 0.2) is 53.0 Å². The van der Waals surface area contributed by atoms with Crippen LogP contribution in [-0.2, 0) is 4.74 Å². The van der Waals surface area contributed by atoms with Crippen molar-refractivity contribution in [2.45, 2.75) is 6.92 Å². The third-order valence-electron chi connectivity index (χ3n) is 3.32. The minimum atomic E-state index is -0.334. The molecule has 0 aliphatic carbocycles. The lowest BCUT2D eigenvalue weighted by Crippen LogP contribution is -2.06. The summed E-state index contributed by atoms with van der Waals surface area (Å²) in [6.45, 7) is 2.16. The van der Waals surface area contributed by atoms with E-state index in [4.69, 9.17) is 4.74 Å². The molecule has 1 heterocycles. The molecule has 3 aromatic rings. The third-order valence-corrected chi connectivity index (χ3v) is 3.98. The van der Waals surface area contributed by atoms with Crippen LogP contribution in [0.2, 0.25) is 0 Å². The summed E-state index contributed by atoms with van der Waals surface area (Å²) < 4.78 is 6.12. The Balaban J connectivity index is 2.32. The van der Waals surface area contributed by atoms with Crippen molar-refractivity contribution in [3.05, 3.63) is 58.7 Å². The van der Waals surface area contributed by atoms with Crippen molar-refractivity contribution in [2.24, 2.45) is 0 Å². The summed E-state index contributed by atoms with van der Waals surface area (Å²) in [5.74, 6) is -0.334. The zero-order valence-corrected chi connectivity index (χ0v) is 13.1. The van der Waals surface area contributed by atoms with Gasteiger partial charge in [0.15, 0.2) is 0 Å². The van der Waals surface area contributed by atoms with Crippen LogP contribution < -0.4 is 0 Å². The molecule has 0 spiro atoms. The van der Waals surface area contributed by atoms with Crippen molar-refractivity contribution in [3.63, 3.8) is 0 Å². The highest BCUT2D eigenvalue weighted by Crippen LogP contribution is 2.37. The summed E-state index contributed by atoms with van der Waals surface area (Å²) in [5.41, 5.74) is 3.26. The van der Waals surface area contributed by atoms with Gasteiger partial charge in [0.25, 0.3) is 0 Å². The topological polar surface area (TPSA) is 42.1 Å². The van der Waals surface area contributed by atoms with E-state index in [-0.39, 0.29) is 5.97 Å². The number of esters is 1. The molecule has 2 aromatic carbocycles. The minimum Gasteiger partial charge on any atom is -0.461 e. The lowest BCUT2D eigenvalue weighted by molar-refractivity contribution is 0.0521. The zero-order valence-electron chi connectivity index (χ0n) is 11.5. The number of carbonyl (C=O) groups is 1. The lowest BCUT2D eigenvalue weighted by Gasteiger charge is -2.05. The van der Waals surface area contributed by atoms with Gasteiger partial charge in [0.2, 0.25) is 0 Å². The summed E-state index contributed by atoms with van der Waals surface area (Å²) in [6.07, 6.45) is 0. The summed E-state index contributed by atoms with van der Waals surface area (Å²) >= 11 is 3.57. The Hall–Kier alpha value is -2.07. The Labute approximate surface area is 131 Å². The molecule has 1 N–H and O–H groups in total. The van der Waals surface area contributed by atoms with E-state index in [9.17, 15) is 4.79 Å². The molecule has 106 valence electrons. The van der Waals surface area contributed by atoms with Crippen molar-refractivity contribution in [2.75, 3.05) is 6.61 Å². The lowest BCUT2D eigenvalue weighted by atomic mass is 10.0. The van der Waals surface area contributed by atoms with Gasteiger partial charge in [-0.15, -0.1) is 0 Å². The number of aromatic nitrogens is 1. The number of carbonyl (C=O) groups excluding carboxylic acids is 1. The summed E-state index contributed by atoms with van der Waals surface area (Å²) in [5, 5.41) is 0.992. The highest BCUT2D eigenvalue weighted by atomic mass is 79.9. The van der Waals surface area contributed by atoms with E-state index < -0.39 is 0 Å². The Kier molecular flexibility index (Phi) is 3.80. The molecule has 0 unspecified atom stereocenters. The Bertz CT molecular complexity index is 793. The quantitative estimate of drug-likeness (QED) is 0.695. The largest absolute Gasteiger partial charge is 0.461 e. The average molecular weight is 344 g/mol. The maximum atomic E-state index is 12.3. The summed E-state index contributed by atoms with van der Waals surface area (Å²) in [4.78, 5) is 15.4. The predicted molar refractivity (Wildman–Crippen MR) is 87.4 cm³/mol. The first-order valence-electron chi connectivity index (χ1n) is 6.75. The first-order chi connectivity index (χ1) is 10.2. The molecule has 0 radical (unpaired) electrons. The van der Waals surface area contributed by atoms with Gasteiger partial charge in [0.1, 0.15) is 5.69 Å². The molecule has 3 rings (SSSR count). The van der Waals surface area contributed by atoms with Gasteiger partial charge < -0.3 is 9.72 Å². The SMILES string of the molecule is CCOC(=O)c1[nH]c2cccc(Br)c2c1-c1ccccc1. The number of ether oxygens (including phenoxy) is 1. The fourth-order valence-corrected chi connectivity index (χ4v) is 3.02. The molecule has 0 saturated heterocycles. The molecule has 4 heteroatoms. The Morgan fingerprint density at radius 2 is 1.90 bits per heavy atom. The van der Waals surface area contributed by atoms with Gasteiger partial charge >= 0.3 is 5.97 Å². The monoisotopic (exact) mass is 343 g/mol. The van der Waals surface area contributed by atoms with E-state index in [1.807, 2.05) is 48.5 Å². The van der Waals surface area contributed by atoms with Crippen LogP contribution in [0.25, 0.3) is 22.0 Å². The number of nitrogens with one attached hydrogen (secondary N) is 1. The molecular formula is C17H14BrNO2. The van der Waals surface area contributed by atoms with Crippen molar-refractivity contribution in [3.8, 4) is 11.1 Å². The van der Waals surface area contributed by atoms with E-state index in [2.05, 4.69) is 20.9 Å². The van der Waals surface area contributed by atoms with Gasteiger partial charge in [0.05, 0.1) is 6.61 Å². The number of benzene rings is 2. The molecule has 0 atom stereocenters. The van der Waals surface area contributed by atoms with Gasteiger partial charge in [0, 0.05) is 20.9 Å². The fraction of sp³-hybridized carbons (Fsp3) is 0.118. The number of halogens is 1. The molecule has 0 amide bonds. The van der Waals surface area contributed by atoms with Crippen molar-refractivity contribution >= 4 is 32.8 Å². The first kappa shape index (κ1) is 13.9. The standard InChI is InChI=1S/C17H14BrNO2/c1-2-21-17(20)16-14(11-7-4-3-5-8-11)15-12(18)9-6-10-13(15)19-16/h3-10,19H,2H2,1H3. The van der Waals surface area contributed by atoms with Crippen LogP contribution in [0.4, 0.5) is 0 Å². The molecule has 0 saturated carbocycles. The normalized spacial score (nSPS) is 10.8. The van der Waals surface area contributed by atoms with Crippen LogP contribution in [0, 0.1) is 0 Å². The fourth-order valence-electron chi connectivity index (χ4n) is 2.45. The highest BCUT2D eigenvalue weighted by Gasteiger charge is 2.21. The van der Waals surface area contributed by atoms with Gasteiger partial charge in [-0.1, -0.05) is 52.3 Å². The van der Waals surface area contributed by atoms with Crippen LogP contribution in [-0.4, -0.2) is 17.6 Å².